The summed E-state index contributed by atoms with van der Waals surface area (Å²) in [5.41, 5.74) is 1.80. The maximum absolute atomic E-state index is 10.3. The Morgan fingerprint density at radius 2 is 2.00 bits per heavy atom. The van der Waals surface area contributed by atoms with Crippen LogP contribution in [0.1, 0.15) is 24.2 Å². The molecule has 2 aromatic rings. The van der Waals surface area contributed by atoms with Crippen molar-refractivity contribution in [1.82, 2.24) is 15.6 Å². The Morgan fingerprint density at radius 3 is 2.70 bits per heavy atom. The molecule has 6 nitrogen and oxygen atoms in total. The summed E-state index contributed by atoms with van der Waals surface area (Å²) in [6.07, 6.45) is 4.41. The number of ether oxygens (including phenoxy) is 1. The van der Waals surface area contributed by atoms with Crippen LogP contribution in [0, 0.1) is 0 Å². The monoisotopic (exact) mass is 482 g/mol. The molecule has 0 saturated heterocycles. The molecule has 0 aliphatic rings. The van der Waals surface area contributed by atoms with E-state index in [0.717, 1.165) is 23.4 Å². The molecular weight excluding hydrogens is 455 g/mol. The molecule has 2 rings (SSSR count). The number of nitrogens with zero attached hydrogens (tertiary/aromatic N) is 2. The van der Waals surface area contributed by atoms with Crippen molar-refractivity contribution in [3.05, 3.63) is 72.6 Å². The summed E-state index contributed by atoms with van der Waals surface area (Å²) in [6.45, 7) is 7.67. The lowest BCUT2D eigenvalue weighted by Gasteiger charge is -2.16. The molecule has 146 valence electrons. The van der Waals surface area contributed by atoms with Crippen LogP contribution in [-0.4, -0.2) is 35.7 Å². The highest BCUT2D eigenvalue weighted by Gasteiger charge is 2.08. The Balaban J connectivity index is 0.00000364. The van der Waals surface area contributed by atoms with Gasteiger partial charge in [0.2, 0.25) is 0 Å². The van der Waals surface area contributed by atoms with Crippen molar-refractivity contribution in [3.8, 4) is 5.75 Å². The number of halogens is 1. The van der Waals surface area contributed by atoms with Gasteiger partial charge in [-0.15, -0.1) is 24.0 Å². The fourth-order valence-electron chi connectivity index (χ4n) is 2.33. The fraction of sp³-hybridized carbons (Fsp3) is 0.300. The summed E-state index contributed by atoms with van der Waals surface area (Å²) < 4.78 is 5.66. The van der Waals surface area contributed by atoms with Gasteiger partial charge in [0.25, 0.3) is 0 Å². The minimum atomic E-state index is -0.634. The normalized spacial score (nSPS) is 11.9. The summed E-state index contributed by atoms with van der Waals surface area (Å²) in [5.74, 6) is 1.43. The molecule has 0 aliphatic carbocycles. The zero-order chi connectivity index (χ0) is 18.6. The van der Waals surface area contributed by atoms with Crippen molar-refractivity contribution < 1.29 is 9.84 Å². The van der Waals surface area contributed by atoms with E-state index in [4.69, 9.17) is 4.74 Å². The van der Waals surface area contributed by atoms with Gasteiger partial charge in [-0.2, -0.15) is 0 Å². The van der Waals surface area contributed by atoms with Crippen molar-refractivity contribution in [2.45, 2.75) is 19.6 Å². The van der Waals surface area contributed by atoms with Crippen LogP contribution in [0.3, 0.4) is 0 Å². The van der Waals surface area contributed by atoms with E-state index < -0.39 is 6.10 Å². The van der Waals surface area contributed by atoms with Crippen molar-refractivity contribution in [3.63, 3.8) is 0 Å². The van der Waals surface area contributed by atoms with Crippen LogP contribution in [0.15, 0.2) is 66.4 Å². The average Bonchev–Trinajstić information content (AvgIpc) is 2.69. The second-order valence-corrected chi connectivity index (χ2v) is 5.58. The molecule has 0 saturated carbocycles. The zero-order valence-corrected chi connectivity index (χ0v) is 17.8. The number of para-hydroxylation sites is 1. The minimum Gasteiger partial charge on any atom is -0.489 e. The van der Waals surface area contributed by atoms with E-state index in [1.54, 1.807) is 30.6 Å². The molecule has 0 bridgehead atoms. The van der Waals surface area contributed by atoms with Gasteiger partial charge in [0.15, 0.2) is 5.96 Å². The van der Waals surface area contributed by atoms with Gasteiger partial charge in [0.05, 0.1) is 12.6 Å². The van der Waals surface area contributed by atoms with E-state index >= 15 is 0 Å². The molecule has 0 aliphatic heterocycles. The van der Waals surface area contributed by atoms with Crippen LogP contribution in [0.2, 0.25) is 0 Å². The van der Waals surface area contributed by atoms with E-state index in [-0.39, 0.29) is 24.0 Å². The lowest BCUT2D eigenvalue weighted by Crippen LogP contribution is -2.39. The van der Waals surface area contributed by atoms with E-state index in [1.807, 2.05) is 31.2 Å². The molecule has 0 amide bonds. The van der Waals surface area contributed by atoms with Crippen LogP contribution in [0.4, 0.5) is 0 Å². The molecule has 3 N–H and O–H groups in total. The van der Waals surface area contributed by atoms with Crippen LogP contribution < -0.4 is 15.4 Å². The third-order valence-electron chi connectivity index (χ3n) is 3.63. The fourth-order valence-corrected chi connectivity index (χ4v) is 2.33. The predicted octanol–water partition coefficient (Wildman–Crippen LogP) is 3.05. The Kier molecular flexibility index (Phi) is 11.1. The Labute approximate surface area is 177 Å². The lowest BCUT2D eigenvalue weighted by atomic mass is 10.1. The summed E-state index contributed by atoms with van der Waals surface area (Å²) in [7, 11) is 0. The second-order valence-electron chi connectivity index (χ2n) is 5.58. The van der Waals surface area contributed by atoms with Crippen LogP contribution in [0.25, 0.3) is 0 Å². The SMILES string of the molecule is C=CCOc1ccccc1CN=C(NCC)NCC(O)c1ccncc1.I. The van der Waals surface area contributed by atoms with Crippen molar-refractivity contribution in [2.75, 3.05) is 19.7 Å². The second kappa shape index (κ2) is 13.1. The first-order valence-electron chi connectivity index (χ1n) is 8.66. The van der Waals surface area contributed by atoms with Crippen molar-refractivity contribution in [1.29, 1.82) is 0 Å². The number of hydrogen-bond donors (Lipinski definition) is 3. The molecule has 0 fully saturated rings. The number of rotatable bonds is 9. The molecule has 1 heterocycles. The topological polar surface area (TPSA) is 78.8 Å². The standard InChI is InChI=1S/C20H26N4O2.HI/c1-3-13-26-19-8-6-5-7-17(19)14-23-20(22-4-2)24-15-18(25)16-9-11-21-12-10-16;/h3,5-12,18,25H,1,4,13-15H2,2H3,(H2,22,23,24);1H. The van der Waals surface area contributed by atoms with E-state index in [0.29, 0.717) is 25.7 Å². The summed E-state index contributed by atoms with van der Waals surface area (Å²) in [5, 5.41) is 16.6. The van der Waals surface area contributed by atoms with Gasteiger partial charge in [-0.05, 0) is 30.7 Å². The minimum absolute atomic E-state index is 0. The molecular formula is C20H27IN4O2. The number of aliphatic hydroxyl groups is 1. The Hall–Kier alpha value is -2.13. The number of guanidine groups is 1. The van der Waals surface area contributed by atoms with Gasteiger partial charge in [0.1, 0.15) is 12.4 Å². The van der Waals surface area contributed by atoms with Crippen LogP contribution in [0.5, 0.6) is 5.75 Å². The third-order valence-corrected chi connectivity index (χ3v) is 3.63. The maximum Gasteiger partial charge on any atom is 0.191 e. The van der Waals surface area contributed by atoms with Gasteiger partial charge < -0.3 is 20.5 Å². The first-order chi connectivity index (χ1) is 12.7. The lowest BCUT2D eigenvalue weighted by molar-refractivity contribution is 0.180. The average molecular weight is 482 g/mol. The summed E-state index contributed by atoms with van der Waals surface area (Å²) in [6, 6.07) is 11.4. The molecule has 1 aromatic carbocycles. The van der Waals surface area contributed by atoms with E-state index in [1.165, 1.54) is 0 Å². The van der Waals surface area contributed by atoms with Gasteiger partial charge in [-0.3, -0.25) is 4.98 Å². The van der Waals surface area contributed by atoms with Gasteiger partial charge in [0, 0.05) is 31.0 Å². The molecule has 0 spiro atoms. The van der Waals surface area contributed by atoms with Crippen molar-refractivity contribution in [2.24, 2.45) is 4.99 Å². The predicted molar refractivity (Wildman–Crippen MR) is 120 cm³/mol. The Bertz CT molecular complexity index is 710. The largest absolute Gasteiger partial charge is 0.489 e. The number of aromatic nitrogens is 1. The number of hydrogen-bond acceptors (Lipinski definition) is 4. The molecule has 7 heteroatoms. The highest BCUT2D eigenvalue weighted by Crippen LogP contribution is 2.18. The summed E-state index contributed by atoms with van der Waals surface area (Å²) in [4.78, 5) is 8.54. The smallest absolute Gasteiger partial charge is 0.191 e. The van der Waals surface area contributed by atoms with Crippen molar-refractivity contribution >= 4 is 29.9 Å². The number of pyridine rings is 1. The number of nitrogens with one attached hydrogen (secondary N) is 2. The first kappa shape index (κ1) is 22.9. The third kappa shape index (κ3) is 7.96. The molecule has 1 aromatic heterocycles. The quantitative estimate of drug-likeness (QED) is 0.222. The summed E-state index contributed by atoms with van der Waals surface area (Å²) >= 11 is 0. The highest BCUT2D eigenvalue weighted by atomic mass is 127. The van der Waals surface area contributed by atoms with Crippen LogP contribution in [-0.2, 0) is 6.54 Å². The number of aliphatic imine (C=N–C) groups is 1. The molecule has 1 atom stereocenters. The Morgan fingerprint density at radius 1 is 1.26 bits per heavy atom. The van der Waals surface area contributed by atoms with Crippen LogP contribution >= 0.6 is 24.0 Å². The molecule has 1 unspecified atom stereocenters. The highest BCUT2D eigenvalue weighted by molar-refractivity contribution is 14.0. The molecule has 27 heavy (non-hydrogen) atoms. The molecule has 0 radical (unpaired) electrons. The van der Waals surface area contributed by atoms with E-state index in [9.17, 15) is 5.11 Å². The first-order valence-corrected chi connectivity index (χ1v) is 8.66. The number of aliphatic hydroxyl groups excluding tert-OH is 1. The maximum atomic E-state index is 10.3. The van der Waals surface area contributed by atoms with Gasteiger partial charge in [-0.25, -0.2) is 4.99 Å². The zero-order valence-electron chi connectivity index (χ0n) is 15.5. The van der Waals surface area contributed by atoms with E-state index in [2.05, 4.69) is 27.2 Å². The number of benzene rings is 1. The van der Waals surface area contributed by atoms with Gasteiger partial charge in [-0.1, -0.05) is 30.9 Å². The van der Waals surface area contributed by atoms with Gasteiger partial charge >= 0.3 is 0 Å².